The van der Waals surface area contributed by atoms with E-state index in [0.29, 0.717) is 11.3 Å². The Kier molecular flexibility index (Phi) is 5.22. The Morgan fingerprint density at radius 2 is 1.89 bits per heavy atom. The summed E-state index contributed by atoms with van der Waals surface area (Å²) in [5.74, 6) is -0.130. The number of hydrogen-bond donors (Lipinski definition) is 1. The number of aryl methyl sites for hydroxylation is 2. The minimum absolute atomic E-state index is 0.203. The topological polar surface area (TPSA) is 59.8 Å². The normalized spacial score (nSPS) is 11.5. The number of para-hydroxylation sites is 1. The number of carbonyl (C=O) groups excluding carboxylic acids is 1. The van der Waals surface area contributed by atoms with Gasteiger partial charge in [0.25, 0.3) is 5.91 Å². The SMILES string of the molecule is CCc1cccc(C)c1NC(=O)c1cnn(-c2ccc(C(F)(F)F)cn2)c1C. The molecule has 1 aromatic carbocycles. The van der Waals surface area contributed by atoms with Gasteiger partial charge in [-0.3, -0.25) is 4.79 Å². The maximum atomic E-state index is 12.8. The van der Waals surface area contributed by atoms with Crippen molar-refractivity contribution in [2.24, 2.45) is 0 Å². The molecule has 0 saturated carbocycles. The average molecular weight is 388 g/mol. The van der Waals surface area contributed by atoms with E-state index < -0.39 is 11.7 Å². The second kappa shape index (κ2) is 7.46. The van der Waals surface area contributed by atoms with Crippen molar-refractivity contribution in [2.45, 2.75) is 33.4 Å². The number of benzene rings is 1. The van der Waals surface area contributed by atoms with Gasteiger partial charge in [0.2, 0.25) is 0 Å². The molecule has 0 saturated heterocycles. The minimum Gasteiger partial charge on any atom is -0.321 e. The molecule has 28 heavy (non-hydrogen) atoms. The van der Waals surface area contributed by atoms with E-state index in [-0.39, 0.29) is 11.7 Å². The molecule has 3 rings (SSSR count). The third-order valence-electron chi connectivity index (χ3n) is 4.53. The number of alkyl halides is 3. The van der Waals surface area contributed by atoms with Crippen LogP contribution in [0.3, 0.4) is 0 Å². The summed E-state index contributed by atoms with van der Waals surface area (Å²) in [4.78, 5) is 16.6. The lowest BCUT2D eigenvalue weighted by atomic mass is 10.1. The number of carbonyl (C=O) groups is 1. The lowest BCUT2D eigenvalue weighted by Gasteiger charge is -2.13. The first-order valence-electron chi connectivity index (χ1n) is 8.70. The van der Waals surface area contributed by atoms with E-state index >= 15 is 0 Å². The number of nitrogens with zero attached hydrogens (tertiary/aromatic N) is 3. The van der Waals surface area contributed by atoms with Crippen molar-refractivity contribution >= 4 is 11.6 Å². The molecule has 8 heteroatoms. The monoisotopic (exact) mass is 388 g/mol. The molecular formula is C20H19F3N4O. The zero-order chi connectivity index (χ0) is 20.5. The Labute approximate surface area is 160 Å². The third-order valence-corrected chi connectivity index (χ3v) is 4.53. The van der Waals surface area contributed by atoms with Gasteiger partial charge in [-0.2, -0.15) is 18.3 Å². The van der Waals surface area contributed by atoms with Gasteiger partial charge in [-0.1, -0.05) is 25.1 Å². The molecule has 0 aliphatic carbocycles. The van der Waals surface area contributed by atoms with Gasteiger partial charge in [-0.05, 0) is 43.5 Å². The first-order chi connectivity index (χ1) is 13.2. The van der Waals surface area contributed by atoms with Crippen molar-refractivity contribution in [1.82, 2.24) is 14.8 Å². The van der Waals surface area contributed by atoms with E-state index in [4.69, 9.17) is 0 Å². The average Bonchev–Trinajstić information content (AvgIpc) is 3.04. The van der Waals surface area contributed by atoms with Gasteiger partial charge in [0.15, 0.2) is 5.82 Å². The van der Waals surface area contributed by atoms with Gasteiger partial charge in [0.1, 0.15) is 0 Å². The predicted octanol–water partition coefficient (Wildman–Crippen LogP) is 4.72. The highest BCUT2D eigenvalue weighted by atomic mass is 19.4. The van der Waals surface area contributed by atoms with E-state index in [0.717, 1.165) is 35.5 Å². The molecular weight excluding hydrogens is 369 g/mol. The third kappa shape index (κ3) is 3.76. The van der Waals surface area contributed by atoms with Gasteiger partial charge < -0.3 is 5.32 Å². The quantitative estimate of drug-likeness (QED) is 0.704. The van der Waals surface area contributed by atoms with Crippen LogP contribution in [-0.4, -0.2) is 20.7 Å². The van der Waals surface area contributed by atoms with Crippen molar-refractivity contribution in [3.05, 3.63) is 70.7 Å². The number of nitrogens with one attached hydrogen (secondary N) is 1. The Bertz CT molecular complexity index is 1010. The summed E-state index contributed by atoms with van der Waals surface area (Å²) in [5.41, 5.74) is 2.69. The van der Waals surface area contributed by atoms with Crippen LogP contribution in [0.5, 0.6) is 0 Å². The smallest absolute Gasteiger partial charge is 0.321 e. The van der Waals surface area contributed by atoms with Crippen molar-refractivity contribution in [1.29, 1.82) is 0 Å². The van der Waals surface area contributed by atoms with Crippen LogP contribution in [0.15, 0.2) is 42.7 Å². The Morgan fingerprint density at radius 1 is 1.14 bits per heavy atom. The molecule has 0 fully saturated rings. The van der Waals surface area contributed by atoms with Crippen LogP contribution in [-0.2, 0) is 12.6 Å². The molecule has 0 spiro atoms. The molecule has 3 aromatic rings. The van der Waals surface area contributed by atoms with E-state index in [1.807, 2.05) is 32.0 Å². The summed E-state index contributed by atoms with van der Waals surface area (Å²) in [7, 11) is 0. The van der Waals surface area contributed by atoms with Crippen LogP contribution in [0.2, 0.25) is 0 Å². The van der Waals surface area contributed by atoms with Crippen LogP contribution in [0.4, 0.5) is 18.9 Å². The van der Waals surface area contributed by atoms with Gasteiger partial charge in [0.05, 0.1) is 23.0 Å². The van der Waals surface area contributed by atoms with Crippen LogP contribution < -0.4 is 5.32 Å². The summed E-state index contributed by atoms with van der Waals surface area (Å²) in [6.07, 6.45) is -1.56. The molecule has 5 nitrogen and oxygen atoms in total. The zero-order valence-electron chi connectivity index (χ0n) is 15.6. The second-order valence-corrected chi connectivity index (χ2v) is 6.38. The van der Waals surface area contributed by atoms with Crippen molar-refractivity contribution in [3.63, 3.8) is 0 Å². The Balaban J connectivity index is 1.88. The fourth-order valence-corrected chi connectivity index (χ4v) is 2.93. The lowest BCUT2D eigenvalue weighted by Crippen LogP contribution is -2.15. The molecule has 0 unspecified atom stereocenters. The first kappa shape index (κ1) is 19.6. The summed E-state index contributed by atoms with van der Waals surface area (Å²) >= 11 is 0. The predicted molar refractivity (Wildman–Crippen MR) is 99.6 cm³/mol. The maximum absolute atomic E-state index is 12.8. The maximum Gasteiger partial charge on any atom is 0.417 e. The molecule has 2 aromatic heterocycles. The molecule has 0 aliphatic rings. The number of anilines is 1. The van der Waals surface area contributed by atoms with Crippen molar-refractivity contribution in [2.75, 3.05) is 5.32 Å². The van der Waals surface area contributed by atoms with Crippen LogP contribution in [0, 0.1) is 13.8 Å². The highest BCUT2D eigenvalue weighted by Gasteiger charge is 2.30. The molecule has 2 heterocycles. The summed E-state index contributed by atoms with van der Waals surface area (Å²) in [5, 5.41) is 7.04. The number of rotatable bonds is 4. The van der Waals surface area contributed by atoms with Crippen LogP contribution >= 0.6 is 0 Å². The summed E-state index contributed by atoms with van der Waals surface area (Å²) in [6.45, 7) is 5.58. The highest BCUT2D eigenvalue weighted by Crippen LogP contribution is 2.29. The molecule has 0 bridgehead atoms. The molecule has 146 valence electrons. The summed E-state index contributed by atoms with van der Waals surface area (Å²) < 4.78 is 39.4. The fraction of sp³-hybridized carbons (Fsp3) is 0.250. The zero-order valence-corrected chi connectivity index (χ0v) is 15.6. The molecule has 0 radical (unpaired) electrons. The van der Waals surface area contributed by atoms with E-state index in [2.05, 4.69) is 15.4 Å². The van der Waals surface area contributed by atoms with E-state index in [9.17, 15) is 18.0 Å². The van der Waals surface area contributed by atoms with Crippen LogP contribution in [0.1, 0.15) is 39.7 Å². The number of pyridine rings is 1. The summed E-state index contributed by atoms with van der Waals surface area (Å²) in [6, 6.07) is 7.96. The molecule has 1 amide bonds. The van der Waals surface area contributed by atoms with Crippen molar-refractivity contribution < 1.29 is 18.0 Å². The molecule has 1 N–H and O–H groups in total. The first-order valence-corrected chi connectivity index (χ1v) is 8.70. The minimum atomic E-state index is -4.46. The van der Waals surface area contributed by atoms with Gasteiger partial charge in [-0.25, -0.2) is 9.67 Å². The number of hydrogen-bond acceptors (Lipinski definition) is 3. The Hall–Kier alpha value is -3.16. The largest absolute Gasteiger partial charge is 0.417 e. The number of aromatic nitrogens is 3. The van der Waals surface area contributed by atoms with E-state index in [1.54, 1.807) is 6.92 Å². The number of amides is 1. The highest BCUT2D eigenvalue weighted by molar-refractivity contribution is 6.05. The molecule has 0 atom stereocenters. The van der Waals surface area contributed by atoms with Gasteiger partial charge >= 0.3 is 6.18 Å². The Morgan fingerprint density at radius 3 is 2.50 bits per heavy atom. The second-order valence-electron chi connectivity index (χ2n) is 6.38. The van der Waals surface area contributed by atoms with Gasteiger partial charge in [-0.15, -0.1) is 0 Å². The fourth-order valence-electron chi connectivity index (χ4n) is 2.93. The standard InChI is InChI=1S/C20H19F3N4O/c1-4-14-7-5-6-12(2)18(14)26-19(28)16-11-25-27(13(16)3)17-9-8-15(10-24-17)20(21,22)23/h5-11H,4H2,1-3H3,(H,26,28). The van der Waals surface area contributed by atoms with Gasteiger partial charge in [0, 0.05) is 11.9 Å². The van der Waals surface area contributed by atoms with Crippen molar-refractivity contribution in [3.8, 4) is 5.82 Å². The number of halogens is 3. The van der Waals surface area contributed by atoms with Crippen LogP contribution in [0.25, 0.3) is 5.82 Å². The lowest BCUT2D eigenvalue weighted by molar-refractivity contribution is -0.137. The van der Waals surface area contributed by atoms with E-state index in [1.165, 1.54) is 16.9 Å². The molecule has 0 aliphatic heterocycles.